The van der Waals surface area contributed by atoms with E-state index in [2.05, 4.69) is 20.9 Å². The van der Waals surface area contributed by atoms with E-state index < -0.39 is 27.2 Å². The highest BCUT2D eigenvalue weighted by atomic mass is 127. The fourth-order valence-corrected chi connectivity index (χ4v) is 2.38. The van der Waals surface area contributed by atoms with Crippen molar-refractivity contribution in [1.29, 1.82) is 0 Å². The molecule has 0 aliphatic heterocycles. The highest BCUT2D eigenvalue weighted by molar-refractivity contribution is 14.1. The predicted octanol–water partition coefficient (Wildman–Crippen LogP) is 2.03. The van der Waals surface area contributed by atoms with Crippen LogP contribution in [0, 0.1) is 3.57 Å². The average Bonchev–Trinajstić information content (AvgIpc) is 2.06. The number of hydrogen-bond acceptors (Lipinski definition) is 3. The zero-order valence-electron chi connectivity index (χ0n) is 6.92. The van der Waals surface area contributed by atoms with Crippen molar-refractivity contribution in [3.8, 4) is 0 Å². The maximum atomic E-state index is 12.5. The summed E-state index contributed by atoms with van der Waals surface area (Å²) in [5.41, 5.74) is -0.603. The summed E-state index contributed by atoms with van der Waals surface area (Å²) in [7, 11) is -4.08. The summed E-state index contributed by atoms with van der Waals surface area (Å²) in [4.78, 5) is 3.30. The Kier molecular flexibility index (Phi) is 4.01. The second-order valence-electron chi connectivity index (χ2n) is 2.49. The number of nitrogens with zero attached hydrogens (tertiary/aromatic N) is 1. The number of rotatable bonds is 2. The number of pyridine rings is 1. The minimum absolute atomic E-state index is 0.162. The zero-order chi connectivity index (χ0) is 11.8. The van der Waals surface area contributed by atoms with E-state index in [-0.39, 0.29) is 8.04 Å². The first-order chi connectivity index (χ1) is 6.73. The summed E-state index contributed by atoms with van der Waals surface area (Å²) >= 11 is 4.60. The molecule has 84 valence electrons. The molecule has 0 atom stereocenters. The first-order valence-corrected chi connectivity index (χ1v) is 6.82. The van der Waals surface area contributed by atoms with Crippen LogP contribution in [-0.4, -0.2) is 13.4 Å². The van der Waals surface area contributed by atoms with Crippen LogP contribution >= 0.6 is 38.5 Å². The molecular weight excluding hydrogens is 409 g/mol. The number of sulfonamides is 1. The Hall–Kier alpha value is 0.130. The molecule has 15 heavy (non-hydrogen) atoms. The minimum atomic E-state index is -4.08. The van der Waals surface area contributed by atoms with Gasteiger partial charge >= 0.3 is 0 Å². The van der Waals surface area contributed by atoms with Gasteiger partial charge in [-0.15, -0.1) is 0 Å². The van der Waals surface area contributed by atoms with E-state index in [4.69, 9.17) is 5.14 Å². The van der Waals surface area contributed by atoms with Crippen LogP contribution in [0.15, 0.2) is 15.6 Å². The van der Waals surface area contributed by atoms with Gasteiger partial charge in [-0.3, -0.25) is 0 Å². The van der Waals surface area contributed by atoms with Crippen molar-refractivity contribution in [1.82, 2.24) is 4.98 Å². The molecule has 0 radical (unpaired) electrons. The fourth-order valence-electron chi connectivity index (χ4n) is 0.785. The second kappa shape index (κ2) is 4.55. The largest absolute Gasteiger partial charge is 0.281 e. The molecule has 0 unspecified atom stereocenters. The van der Waals surface area contributed by atoms with Gasteiger partial charge in [0.05, 0.1) is 3.57 Å². The molecular formula is C6H4BrF2IN2O2S. The highest BCUT2D eigenvalue weighted by Crippen LogP contribution is 2.29. The third kappa shape index (κ3) is 3.04. The second-order valence-corrected chi connectivity index (χ2v) is 5.93. The van der Waals surface area contributed by atoms with Crippen molar-refractivity contribution in [2.45, 2.75) is 11.5 Å². The molecule has 0 spiro atoms. The van der Waals surface area contributed by atoms with Gasteiger partial charge in [-0.1, -0.05) is 0 Å². The molecule has 1 aromatic rings. The van der Waals surface area contributed by atoms with Crippen LogP contribution in [0.4, 0.5) is 8.78 Å². The molecule has 1 rings (SSSR count). The maximum Gasteiger partial charge on any atom is 0.281 e. The normalized spacial score (nSPS) is 12.1. The maximum absolute atomic E-state index is 12.5. The molecule has 0 saturated heterocycles. The molecule has 4 nitrogen and oxygen atoms in total. The zero-order valence-corrected chi connectivity index (χ0v) is 11.5. The first-order valence-electron chi connectivity index (χ1n) is 3.40. The Morgan fingerprint density at radius 2 is 2.07 bits per heavy atom. The van der Waals surface area contributed by atoms with E-state index in [1.54, 1.807) is 22.6 Å². The van der Waals surface area contributed by atoms with Gasteiger partial charge in [0.1, 0.15) is 5.69 Å². The Bertz CT molecular complexity index is 494. The summed E-state index contributed by atoms with van der Waals surface area (Å²) < 4.78 is 47.1. The van der Waals surface area contributed by atoms with Crippen molar-refractivity contribution in [2.75, 3.05) is 0 Å². The molecule has 0 bridgehead atoms. The third-order valence-corrected chi connectivity index (χ3v) is 4.71. The monoisotopic (exact) mass is 412 g/mol. The molecule has 0 fully saturated rings. The smallest absolute Gasteiger partial charge is 0.233 e. The van der Waals surface area contributed by atoms with Crippen LogP contribution in [0.2, 0.25) is 0 Å². The molecule has 1 heterocycles. The van der Waals surface area contributed by atoms with Crippen LogP contribution in [0.3, 0.4) is 0 Å². The Balaban J connectivity index is 3.50. The van der Waals surface area contributed by atoms with Gasteiger partial charge in [-0.05, 0) is 44.6 Å². The standard InChI is InChI=1S/C6H4BrF2IN2O2S/c7-2-1-3(15(11,13)14)12-5(4(2)10)6(8)9/h1,6H,(H2,11,13,14). The predicted molar refractivity (Wildman–Crippen MR) is 61.0 cm³/mol. The van der Waals surface area contributed by atoms with Crippen molar-refractivity contribution < 1.29 is 17.2 Å². The molecule has 0 aliphatic rings. The molecule has 0 aromatic carbocycles. The number of halogens is 4. The number of aromatic nitrogens is 1. The third-order valence-electron chi connectivity index (χ3n) is 1.41. The quantitative estimate of drug-likeness (QED) is 0.755. The molecule has 0 aliphatic carbocycles. The topological polar surface area (TPSA) is 73.1 Å². The lowest BCUT2D eigenvalue weighted by molar-refractivity contribution is 0.144. The Morgan fingerprint density at radius 3 is 2.47 bits per heavy atom. The molecule has 2 N–H and O–H groups in total. The SMILES string of the molecule is NS(=O)(=O)c1cc(Br)c(I)c(C(F)F)n1. The van der Waals surface area contributed by atoms with Gasteiger partial charge < -0.3 is 0 Å². The van der Waals surface area contributed by atoms with Crippen molar-refractivity contribution >= 4 is 48.5 Å². The summed E-state index contributed by atoms with van der Waals surface area (Å²) in [6.45, 7) is 0. The summed E-state index contributed by atoms with van der Waals surface area (Å²) in [6, 6.07) is 1.09. The number of hydrogen-bond donors (Lipinski definition) is 1. The molecule has 9 heteroatoms. The van der Waals surface area contributed by atoms with Gasteiger partial charge in [-0.25, -0.2) is 27.3 Å². The van der Waals surface area contributed by atoms with Crippen molar-refractivity contribution in [3.63, 3.8) is 0 Å². The van der Waals surface area contributed by atoms with E-state index in [0.29, 0.717) is 0 Å². The Labute approximate surface area is 107 Å². The summed E-state index contributed by atoms with van der Waals surface area (Å²) in [5, 5.41) is 4.21. The van der Waals surface area contributed by atoms with E-state index in [1.807, 2.05) is 0 Å². The van der Waals surface area contributed by atoms with Crippen molar-refractivity contribution in [2.24, 2.45) is 5.14 Å². The van der Waals surface area contributed by atoms with Crippen LogP contribution < -0.4 is 5.14 Å². The van der Waals surface area contributed by atoms with Crippen LogP contribution in [0.1, 0.15) is 12.1 Å². The molecule has 0 saturated carbocycles. The minimum Gasteiger partial charge on any atom is -0.233 e. The van der Waals surface area contributed by atoms with Crippen LogP contribution in [0.5, 0.6) is 0 Å². The van der Waals surface area contributed by atoms with Crippen LogP contribution in [0.25, 0.3) is 0 Å². The van der Waals surface area contributed by atoms with E-state index in [0.717, 1.165) is 6.07 Å². The number of alkyl halides is 2. The van der Waals surface area contributed by atoms with Gasteiger partial charge in [0.15, 0.2) is 5.03 Å². The highest BCUT2D eigenvalue weighted by Gasteiger charge is 2.21. The molecule has 0 amide bonds. The lowest BCUT2D eigenvalue weighted by atomic mass is 10.4. The van der Waals surface area contributed by atoms with Crippen LogP contribution in [-0.2, 0) is 10.0 Å². The number of nitrogens with two attached hydrogens (primary N) is 1. The lowest BCUT2D eigenvalue weighted by Gasteiger charge is -2.06. The first kappa shape index (κ1) is 13.2. The average molecular weight is 413 g/mol. The Morgan fingerprint density at radius 1 is 1.53 bits per heavy atom. The summed E-state index contributed by atoms with van der Waals surface area (Å²) in [5.74, 6) is 0. The fraction of sp³-hybridized carbons (Fsp3) is 0.167. The molecule has 1 aromatic heterocycles. The van der Waals surface area contributed by atoms with Gasteiger partial charge in [0, 0.05) is 4.47 Å². The van der Waals surface area contributed by atoms with E-state index >= 15 is 0 Å². The van der Waals surface area contributed by atoms with E-state index in [9.17, 15) is 17.2 Å². The van der Waals surface area contributed by atoms with Crippen molar-refractivity contribution in [3.05, 3.63) is 19.8 Å². The van der Waals surface area contributed by atoms with Gasteiger partial charge in [-0.2, -0.15) is 0 Å². The summed E-state index contributed by atoms with van der Waals surface area (Å²) in [6.07, 6.45) is -2.85. The lowest BCUT2D eigenvalue weighted by Crippen LogP contribution is -2.15. The number of primary sulfonamides is 1. The van der Waals surface area contributed by atoms with Gasteiger partial charge in [0.2, 0.25) is 0 Å². The van der Waals surface area contributed by atoms with E-state index in [1.165, 1.54) is 0 Å². The van der Waals surface area contributed by atoms with Gasteiger partial charge in [0.25, 0.3) is 16.4 Å².